The van der Waals surface area contributed by atoms with Gasteiger partial charge in [0.05, 0.1) is 10.6 Å². The van der Waals surface area contributed by atoms with E-state index in [9.17, 15) is 4.79 Å². The molecule has 4 rings (SSSR count). The highest BCUT2D eigenvalue weighted by atomic mass is 127. The number of amides is 1. The summed E-state index contributed by atoms with van der Waals surface area (Å²) in [5.41, 5.74) is 4.46. The van der Waals surface area contributed by atoms with Crippen LogP contribution in [0, 0.1) is 3.57 Å². The first kappa shape index (κ1) is 24.4. The number of carbonyl (C=O) groups excluding carboxylic acids is 1. The van der Waals surface area contributed by atoms with Crippen LogP contribution in [0.3, 0.4) is 0 Å². The quantitative estimate of drug-likeness (QED) is 0.188. The molecular formula is C25H22ClIN4O2S. The highest BCUT2D eigenvalue weighted by Gasteiger charge is 2.14. The first-order valence-corrected chi connectivity index (χ1v) is 12.6. The lowest BCUT2D eigenvalue weighted by molar-refractivity contribution is 0.0978. The average molecular weight is 605 g/mol. The molecule has 1 heterocycles. The number of fused-ring (bicyclic) bond motifs is 1. The number of hydrogen-bond donors (Lipinski definition) is 2. The molecule has 9 heteroatoms. The van der Waals surface area contributed by atoms with Gasteiger partial charge in [-0.05, 0) is 109 Å². The molecule has 3 aromatic carbocycles. The number of hydrogen-bond acceptors (Lipinski definition) is 5. The highest BCUT2D eigenvalue weighted by Crippen LogP contribution is 2.28. The van der Waals surface area contributed by atoms with Crippen LogP contribution >= 0.6 is 46.4 Å². The zero-order valence-corrected chi connectivity index (χ0v) is 22.3. The maximum absolute atomic E-state index is 12.5. The van der Waals surface area contributed by atoms with Gasteiger partial charge in [-0.25, -0.2) is 4.98 Å². The molecule has 0 aliphatic rings. The van der Waals surface area contributed by atoms with Crippen molar-refractivity contribution in [1.82, 2.24) is 10.3 Å². The average Bonchev–Trinajstić information content (AvgIpc) is 3.25. The van der Waals surface area contributed by atoms with Crippen LogP contribution in [0.5, 0.6) is 0 Å². The topological polar surface area (TPSA) is 70.4 Å². The minimum Gasteiger partial charge on any atom is -0.436 e. The van der Waals surface area contributed by atoms with E-state index in [4.69, 9.17) is 28.2 Å². The molecule has 1 aromatic heterocycles. The number of thiocarbonyl (C=S) groups is 1. The molecule has 6 nitrogen and oxygen atoms in total. The summed E-state index contributed by atoms with van der Waals surface area (Å²) in [5.74, 6) is 0.168. The summed E-state index contributed by atoms with van der Waals surface area (Å²) in [6.45, 7) is 6.18. The lowest BCUT2D eigenvalue weighted by atomic mass is 10.2. The Hall–Kier alpha value is -2.69. The Morgan fingerprint density at radius 3 is 2.53 bits per heavy atom. The standard InChI is InChI=1S/C25H22ClIN4O2S/c1-3-31(4-2)18-9-5-15(6-10-18)24-29-21-14-17(8-12-22(21)33-24)28-25(34)30-23(32)19-13-16(27)7-11-20(19)26/h5-14H,3-4H2,1-2H3,(H2,28,30,32,34). The summed E-state index contributed by atoms with van der Waals surface area (Å²) in [6, 6.07) is 18.9. The zero-order valence-electron chi connectivity index (χ0n) is 18.6. The third-order valence-electron chi connectivity index (χ3n) is 5.29. The Morgan fingerprint density at radius 2 is 1.82 bits per heavy atom. The van der Waals surface area contributed by atoms with Crippen molar-refractivity contribution in [3.8, 4) is 11.5 Å². The Kier molecular flexibility index (Phi) is 7.70. The maximum Gasteiger partial charge on any atom is 0.258 e. The molecule has 4 aromatic rings. The number of carbonyl (C=O) groups is 1. The van der Waals surface area contributed by atoms with Crippen molar-refractivity contribution >= 4 is 79.9 Å². The normalized spacial score (nSPS) is 10.8. The SMILES string of the molecule is CCN(CC)c1ccc(-c2nc3cc(NC(=S)NC(=O)c4cc(I)ccc4Cl)ccc3o2)cc1. The summed E-state index contributed by atoms with van der Waals surface area (Å²) >= 11 is 13.6. The minimum atomic E-state index is -0.376. The molecule has 0 spiro atoms. The summed E-state index contributed by atoms with van der Waals surface area (Å²) in [7, 11) is 0. The van der Waals surface area contributed by atoms with E-state index in [1.807, 2.05) is 36.4 Å². The molecule has 0 unspecified atom stereocenters. The Morgan fingerprint density at radius 1 is 1.09 bits per heavy atom. The zero-order chi connectivity index (χ0) is 24.2. The summed E-state index contributed by atoms with van der Waals surface area (Å²) in [4.78, 5) is 19.4. The molecule has 0 bridgehead atoms. The van der Waals surface area contributed by atoms with Gasteiger partial charge in [0.25, 0.3) is 5.91 Å². The third kappa shape index (κ3) is 5.51. The molecule has 174 valence electrons. The van der Waals surface area contributed by atoms with Crippen LogP contribution in [0.25, 0.3) is 22.6 Å². The van der Waals surface area contributed by atoms with Crippen molar-refractivity contribution < 1.29 is 9.21 Å². The van der Waals surface area contributed by atoms with E-state index < -0.39 is 0 Å². The fourth-order valence-corrected chi connectivity index (χ4v) is 4.44. The Labute approximate surface area is 221 Å². The molecule has 0 saturated heterocycles. The number of halogens is 2. The van der Waals surface area contributed by atoms with Crippen LogP contribution < -0.4 is 15.5 Å². The lowest BCUT2D eigenvalue weighted by Gasteiger charge is -2.20. The van der Waals surface area contributed by atoms with Crippen molar-refractivity contribution in [2.24, 2.45) is 0 Å². The summed E-state index contributed by atoms with van der Waals surface area (Å²) < 4.78 is 6.85. The van der Waals surface area contributed by atoms with Crippen molar-refractivity contribution in [3.63, 3.8) is 0 Å². The van der Waals surface area contributed by atoms with Gasteiger partial charge in [0, 0.05) is 33.6 Å². The van der Waals surface area contributed by atoms with Crippen LogP contribution in [-0.4, -0.2) is 29.1 Å². The molecular weight excluding hydrogens is 583 g/mol. The second-order valence-electron chi connectivity index (χ2n) is 7.45. The van der Waals surface area contributed by atoms with E-state index in [1.54, 1.807) is 12.1 Å². The molecule has 0 aliphatic heterocycles. The van der Waals surface area contributed by atoms with Gasteiger partial charge in [0.1, 0.15) is 5.52 Å². The van der Waals surface area contributed by atoms with Crippen LogP contribution in [0.15, 0.2) is 65.1 Å². The van der Waals surface area contributed by atoms with Gasteiger partial charge < -0.3 is 14.6 Å². The van der Waals surface area contributed by atoms with Crippen molar-refractivity contribution in [1.29, 1.82) is 0 Å². The second-order valence-corrected chi connectivity index (χ2v) is 9.51. The van der Waals surface area contributed by atoms with E-state index >= 15 is 0 Å². The number of nitrogens with zero attached hydrogens (tertiary/aromatic N) is 2. The second kappa shape index (κ2) is 10.7. The predicted octanol–water partition coefficient (Wildman–Crippen LogP) is 6.73. The molecule has 1 amide bonds. The number of rotatable bonds is 6. The third-order valence-corrected chi connectivity index (χ3v) is 6.49. The molecule has 0 radical (unpaired) electrons. The van der Waals surface area contributed by atoms with Gasteiger partial charge in [-0.2, -0.15) is 0 Å². The summed E-state index contributed by atoms with van der Waals surface area (Å²) in [5, 5.41) is 6.20. The van der Waals surface area contributed by atoms with E-state index in [0.29, 0.717) is 33.3 Å². The van der Waals surface area contributed by atoms with Gasteiger partial charge in [0.15, 0.2) is 10.7 Å². The van der Waals surface area contributed by atoms with E-state index in [0.717, 1.165) is 22.2 Å². The Bertz CT molecular complexity index is 1350. The number of anilines is 2. The maximum atomic E-state index is 12.5. The van der Waals surface area contributed by atoms with Crippen LogP contribution in [-0.2, 0) is 0 Å². The first-order valence-electron chi connectivity index (χ1n) is 10.7. The van der Waals surface area contributed by atoms with Gasteiger partial charge >= 0.3 is 0 Å². The van der Waals surface area contributed by atoms with Crippen LogP contribution in [0.4, 0.5) is 11.4 Å². The smallest absolute Gasteiger partial charge is 0.258 e. The van der Waals surface area contributed by atoms with Crippen LogP contribution in [0.2, 0.25) is 5.02 Å². The lowest BCUT2D eigenvalue weighted by Crippen LogP contribution is -2.34. The number of oxazole rings is 1. The molecule has 0 fully saturated rings. The fourth-order valence-electron chi connectivity index (χ4n) is 3.54. The van der Waals surface area contributed by atoms with Crippen molar-refractivity contribution in [3.05, 3.63) is 74.8 Å². The molecule has 2 N–H and O–H groups in total. The minimum absolute atomic E-state index is 0.162. The van der Waals surface area contributed by atoms with Crippen molar-refractivity contribution in [2.45, 2.75) is 13.8 Å². The summed E-state index contributed by atoms with van der Waals surface area (Å²) in [6.07, 6.45) is 0. The van der Waals surface area contributed by atoms with Crippen LogP contribution in [0.1, 0.15) is 24.2 Å². The van der Waals surface area contributed by atoms with E-state index in [1.165, 1.54) is 5.69 Å². The highest BCUT2D eigenvalue weighted by molar-refractivity contribution is 14.1. The molecule has 0 aliphatic carbocycles. The number of aromatic nitrogens is 1. The largest absolute Gasteiger partial charge is 0.436 e. The van der Waals surface area contributed by atoms with Gasteiger partial charge in [0.2, 0.25) is 5.89 Å². The number of benzene rings is 3. The van der Waals surface area contributed by atoms with Gasteiger partial charge in [-0.3, -0.25) is 10.1 Å². The first-order chi connectivity index (χ1) is 16.4. The number of nitrogens with one attached hydrogen (secondary N) is 2. The van der Waals surface area contributed by atoms with Crippen molar-refractivity contribution in [2.75, 3.05) is 23.3 Å². The molecule has 34 heavy (non-hydrogen) atoms. The molecule has 0 saturated carbocycles. The molecule has 0 atom stereocenters. The van der Waals surface area contributed by atoms with E-state index in [-0.39, 0.29) is 11.0 Å². The van der Waals surface area contributed by atoms with Gasteiger partial charge in [-0.1, -0.05) is 11.6 Å². The van der Waals surface area contributed by atoms with Gasteiger partial charge in [-0.15, -0.1) is 0 Å². The van der Waals surface area contributed by atoms with E-state index in [2.05, 4.69) is 69.1 Å². The Balaban J connectivity index is 1.47. The predicted molar refractivity (Wildman–Crippen MR) is 151 cm³/mol. The monoisotopic (exact) mass is 604 g/mol. The fraction of sp³-hybridized carbons (Fsp3) is 0.160.